The van der Waals surface area contributed by atoms with E-state index in [9.17, 15) is 18.8 Å². The first-order valence-corrected chi connectivity index (χ1v) is 11.3. The molecule has 0 spiro atoms. The Hall–Kier alpha value is -3.72. The molecule has 2 aromatic carbocycles. The zero-order chi connectivity index (χ0) is 25.4. The van der Waals surface area contributed by atoms with E-state index in [4.69, 9.17) is 9.15 Å². The van der Waals surface area contributed by atoms with E-state index in [1.54, 1.807) is 57.6 Å². The molecule has 35 heavy (non-hydrogen) atoms. The van der Waals surface area contributed by atoms with Gasteiger partial charge in [0, 0.05) is 40.9 Å². The van der Waals surface area contributed by atoms with Crippen molar-refractivity contribution in [3.63, 3.8) is 0 Å². The maximum Gasteiger partial charge on any atom is 0.319 e. The van der Waals surface area contributed by atoms with Crippen molar-refractivity contribution < 1.29 is 23.1 Å². The lowest BCUT2D eigenvalue weighted by molar-refractivity contribution is -0.133. The van der Waals surface area contributed by atoms with Gasteiger partial charge >= 0.3 is 6.03 Å². The number of amides is 3. The highest BCUT2D eigenvalue weighted by Gasteiger charge is 2.24. The quantitative estimate of drug-likeness (QED) is 0.413. The normalized spacial score (nSPS) is 10.9. The molecular formula is C26H30FN3O5. The molecule has 186 valence electrons. The predicted octanol–water partition coefficient (Wildman–Crippen LogP) is 3.48. The lowest BCUT2D eigenvalue weighted by atomic mass is 10.1. The fourth-order valence-corrected chi connectivity index (χ4v) is 3.66. The minimum Gasteiger partial charge on any atom is -0.464 e. The third-order valence-corrected chi connectivity index (χ3v) is 5.51. The number of nitrogens with zero attached hydrogens (tertiary/aromatic N) is 3. The van der Waals surface area contributed by atoms with E-state index >= 15 is 0 Å². The summed E-state index contributed by atoms with van der Waals surface area (Å²) in [6, 6.07) is 12.4. The van der Waals surface area contributed by atoms with E-state index in [1.807, 2.05) is 0 Å². The number of hydrogen-bond acceptors (Lipinski definition) is 5. The van der Waals surface area contributed by atoms with Crippen LogP contribution in [-0.2, 0) is 22.6 Å². The molecule has 3 rings (SSSR count). The molecule has 0 aliphatic heterocycles. The summed E-state index contributed by atoms with van der Waals surface area (Å²) in [4.78, 5) is 43.5. The third kappa shape index (κ3) is 6.89. The van der Waals surface area contributed by atoms with Crippen molar-refractivity contribution in [3.8, 4) is 0 Å². The molecule has 0 radical (unpaired) electrons. The van der Waals surface area contributed by atoms with Gasteiger partial charge in [0.1, 0.15) is 17.9 Å². The Morgan fingerprint density at radius 3 is 2.40 bits per heavy atom. The molecule has 0 bridgehead atoms. The summed E-state index contributed by atoms with van der Waals surface area (Å²) in [7, 11) is 4.81. The number of ether oxygens (including phenoxy) is 1. The molecule has 1 heterocycles. The number of urea groups is 1. The van der Waals surface area contributed by atoms with Gasteiger partial charge in [-0.25, -0.2) is 9.18 Å². The average molecular weight is 484 g/mol. The smallest absolute Gasteiger partial charge is 0.319 e. The van der Waals surface area contributed by atoms with Crippen LogP contribution in [0.2, 0.25) is 0 Å². The standard InChI is InChI=1S/C26H30FN3O5/c1-28(2)26(33)29(13-6-14-34-3)17-24(31)30(15-19-9-11-21(27)12-10-19)16-20-18-35-23-8-5-4-7-22(23)25(20)32/h4-5,7-12,18H,6,13-17H2,1-3H3. The zero-order valence-corrected chi connectivity index (χ0v) is 20.2. The molecule has 0 aliphatic rings. The number of methoxy groups -OCH3 is 1. The SMILES string of the molecule is COCCCN(CC(=O)N(Cc1ccc(F)cc1)Cc1coc2ccccc2c1=O)C(=O)N(C)C. The fraction of sp³-hybridized carbons (Fsp3) is 0.346. The summed E-state index contributed by atoms with van der Waals surface area (Å²) in [5.41, 5.74) is 1.22. The number of hydrogen-bond donors (Lipinski definition) is 0. The van der Waals surface area contributed by atoms with E-state index in [1.165, 1.54) is 33.1 Å². The molecule has 0 aliphatic carbocycles. The fourth-order valence-electron chi connectivity index (χ4n) is 3.66. The Kier molecular flexibility index (Phi) is 8.97. The summed E-state index contributed by atoms with van der Waals surface area (Å²) in [6.07, 6.45) is 1.92. The highest BCUT2D eigenvalue weighted by atomic mass is 19.1. The van der Waals surface area contributed by atoms with Gasteiger partial charge in [0.25, 0.3) is 0 Å². The molecule has 0 saturated carbocycles. The van der Waals surface area contributed by atoms with Crippen LogP contribution in [0.25, 0.3) is 11.0 Å². The lowest BCUT2D eigenvalue weighted by Gasteiger charge is -2.29. The first-order valence-electron chi connectivity index (χ1n) is 11.3. The van der Waals surface area contributed by atoms with Crippen molar-refractivity contribution in [1.29, 1.82) is 0 Å². The first-order chi connectivity index (χ1) is 16.8. The van der Waals surface area contributed by atoms with Crippen LogP contribution in [0.3, 0.4) is 0 Å². The van der Waals surface area contributed by atoms with Crippen LogP contribution in [0.1, 0.15) is 17.5 Å². The Labute approximate surface area is 203 Å². The Morgan fingerprint density at radius 2 is 1.71 bits per heavy atom. The summed E-state index contributed by atoms with van der Waals surface area (Å²) in [5.74, 6) is -0.739. The predicted molar refractivity (Wildman–Crippen MR) is 130 cm³/mol. The monoisotopic (exact) mass is 483 g/mol. The van der Waals surface area contributed by atoms with E-state index < -0.39 is 0 Å². The molecule has 0 saturated heterocycles. The Morgan fingerprint density at radius 1 is 1.00 bits per heavy atom. The largest absolute Gasteiger partial charge is 0.464 e. The van der Waals surface area contributed by atoms with Gasteiger partial charge in [-0.2, -0.15) is 0 Å². The van der Waals surface area contributed by atoms with Gasteiger partial charge < -0.3 is 23.9 Å². The Balaban J connectivity index is 1.88. The van der Waals surface area contributed by atoms with Gasteiger partial charge in [-0.1, -0.05) is 24.3 Å². The number of benzene rings is 2. The van der Waals surface area contributed by atoms with Crippen LogP contribution in [0.4, 0.5) is 9.18 Å². The minimum atomic E-state index is -0.386. The number of rotatable bonds is 10. The van der Waals surface area contributed by atoms with E-state index in [2.05, 4.69) is 0 Å². The highest BCUT2D eigenvalue weighted by molar-refractivity contribution is 5.84. The number of para-hydroxylation sites is 1. The van der Waals surface area contributed by atoms with Gasteiger partial charge in [-0.05, 0) is 36.2 Å². The van der Waals surface area contributed by atoms with Gasteiger partial charge in [0.2, 0.25) is 5.91 Å². The van der Waals surface area contributed by atoms with Crippen molar-refractivity contribution >= 4 is 22.9 Å². The minimum absolute atomic E-state index is 0.0224. The maximum atomic E-state index is 13.4. The molecule has 8 nitrogen and oxygen atoms in total. The summed E-state index contributed by atoms with van der Waals surface area (Å²) < 4.78 is 24.1. The molecule has 0 fully saturated rings. The molecule has 0 atom stereocenters. The molecule has 1 aromatic heterocycles. The molecule has 3 aromatic rings. The first kappa shape index (κ1) is 25.9. The van der Waals surface area contributed by atoms with Crippen molar-refractivity contribution in [3.05, 3.63) is 82.0 Å². The zero-order valence-electron chi connectivity index (χ0n) is 20.2. The van der Waals surface area contributed by atoms with Crippen LogP contribution in [0, 0.1) is 5.82 Å². The molecular weight excluding hydrogens is 453 g/mol. The maximum absolute atomic E-state index is 13.4. The summed E-state index contributed by atoms with van der Waals surface area (Å²) >= 11 is 0. The topological polar surface area (TPSA) is 83.3 Å². The third-order valence-electron chi connectivity index (χ3n) is 5.51. The van der Waals surface area contributed by atoms with Crippen LogP contribution in [0.5, 0.6) is 0 Å². The number of carbonyl (C=O) groups is 2. The number of fused-ring (bicyclic) bond motifs is 1. The van der Waals surface area contributed by atoms with Crippen LogP contribution >= 0.6 is 0 Å². The summed E-state index contributed by atoms with van der Waals surface area (Å²) in [5, 5.41) is 0.420. The second-order valence-electron chi connectivity index (χ2n) is 8.41. The van der Waals surface area contributed by atoms with Gasteiger partial charge in [-0.15, -0.1) is 0 Å². The molecule has 9 heteroatoms. The number of carbonyl (C=O) groups excluding carboxylic acids is 2. The van der Waals surface area contributed by atoms with Gasteiger partial charge in [-0.3, -0.25) is 9.59 Å². The van der Waals surface area contributed by atoms with E-state index in [0.717, 1.165) is 0 Å². The number of halogens is 1. The van der Waals surface area contributed by atoms with Crippen LogP contribution in [-0.4, -0.2) is 67.5 Å². The van der Waals surface area contributed by atoms with E-state index in [0.29, 0.717) is 41.7 Å². The lowest BCUT2D eigenvalue weighted by Crippen LogP contribution is -2.46. The van der Waals surface area contributed by atoms with Gasteiger partial charge in [0.15, 0.2) is 5.43 Å². The Bertz CT molecular complexity index is 1210. The molecule has 0 unspecified atom stereocenters. The average Bonchev–Trinajstić information content (AvgIpc) is 2.85. The van der Waals surface area contributed by atoms with Crippen molar-refractivity contribution in [2.45, 2.75) is 19.5 Å². The van der Waals surface area contributed by atoms with Crippen molar-refractivity contribution in [2.24, 2.45) is 0 Å². The molecule has 0 N–H and O–H groups in total. The highest BCUT2D eigenvalue weighted by Crippen LogP contribution is 2.15. The van der Waals surface area contributed by atoms with Crippen LogP contribution < -0.4 is 5.43 Å². The van der Waals surface area contributed by atoms with Crippen molar-refractivity contribution in [2.75, 3.05) is 40.9 Å². The van der Waals surface area contributed by atoms with Crippen LogP contribution in [0.15, 0.2) is 64.0 Å². The second kappa shape index (κ2) is 12.1. The molecule has 3 amide bonds. The second-order valence-corrected chi connectivity index (χ2v) is 8.41. The van der Waals surface area contributed by atoms with Gasteiger partial charge in [0.05, 0.1) is 23.8 Å². The van der Waals surface area contributed by atoms with E-state index in [-0.39, 0.29) is 42.8 Å². The van der Waals surface area contributed by atoms with Crippen molar-refractivity contribution in [1.82, 2.24) is 14.7 Å². The summed E-state index contributed by atoms with van der Waals surface area (Å²) in [6.45, 7) is 0.710.